The monoisotopic (exact) mass is 571 g/mol. The molecule has 1 heteroatoms. The fourth-order valence-electron chi connectivity index (χ4n) is 6.45. The number of rotatable bonds is 4. The van der Waals surface area contributed by atoms with Gasteiger partial charge in [-0.15, -0.1) is 0 Å². The lowest BCUT2D eigenvalue weighted by atomic mass is 9.85. The minimum atomic E-state index is -0.468. The van der Waals surface area contributed by atoms with Crippen LogP contribution in [0.3, 0.4) is 0 Å². The summed E-state index contributed by atoms with van der Waals surface area (Å²) in [4.78, 5) is 0. The third-order valence-corrected chi connectivity index (χ3v) is 8.33. The maximum absolute atomic E-state index is 9.29. The molecule has 1 heterocycles. The Kier molecular flexibility index (Phi) is 3.68. The van der Waals surface area contributed by atoms with E-state index < -0.39 is 30.2 Å². The van der Waals surface area contributed by atoms with Crippen LogP contribution in [0, 0.1) is 0 Å². The molecular weight excluding hydrogens is 532 g/mol. The summed E-state index contributed by atoms with van der Waals surface area (Å²) in [5, 5.41) is 4.66. The molecule has 8 aromatic carbocycles. The van der Waals surface area contributed by atoms with Crippen LogP contribution in [0.4, 0.5) is 0 Å². The predicted octanol–water partition coefficient (Wildman–Crippen LogP) is 12.0. The van der Waals surface area contributed by atoms with Crippen molar-refractivity contribution in [1.82, 2.24) is 0 Å². The average Bonchev–Trinajstić information content (AvgIpc) is 3.60. The van der Waals surface area contributed by atoms with E-state index in [-0.39, 0.29) is 58.2 Å². The van der Waals surface area contributed by atoms with Gasteiger partial charge >= 0.3 is 0 Å². The maximum Gasteiger partial charge on any atom is 0.136 e. The summed E-state index contributed by atoms with van der Waals surface area (Å²) in [6, 6.07) is 25.3. The molecule has 0 N–H and O–H groups in total. The first-order chi connectivity index (χ1) is 26.4. The Bertz CT molecular complexity index is 3060. The lowest BCUT2D eigenvalue weighted by Crippen LogP contribution is -1.96. The van der Waals surface area contributed by atoms with Gasteiger partial charge in [0.05, 0.1) is 15.1 Å². The van der Waals surface area contributed by atoms with Gasteiger partial charge in [0.25, 0.3) is 0 Å². The Morgan fingerprint density at radius 3 is 1.89 bits per heavy atom. The van der Waals surface area contributed by atoms with Gasteiger partial charge in [0.1, 0.15) is 11.2 Å². The number of fused-ring (bicyclic) bond motifs is 6. The molecule has 0 amide bonds. The minimum absolute atomic E-state index is 0.0212. The Labute approximate surface area is 271 Å². The second-order valence-electron chi connectivity index (χ2n) is 10.8. The molecule has 44 heavy (non-hydrogen) atoms. The third kappa shape index (κ3) is 3.94. The molecule has 1 nitrogen and oxygen atoms in total. The smallest absolute Gasteiger partial charge is 0.136 e. The normalized spacial score (nSPS) is 15.2. The average molecular weight is 572 g/mol. The SMILES string of the molecule is [2H]c1c([2H])c([2H])c(-c2cccc(-c3c4ccccc4c(Cc4cccc5oc6c([2H])c7c([2H])c([2H])c([2H])c([2H])c7c([2H])c6c45)c4ccccc34)c2)c([2H])c1[2H]. The largest absolute Gasteiger partial charge is 0.456 e. The maximum atomic E-state index is 9.29. The highest BCUT2D eigenvalue weighted by Crippen LogP contribution is 2.42. The van der Waals surface area contributed by atoms with E-state index in [9.17, 15) is 1.37 Å². The van der Waals surface area contributed by atoms with Gasteiger partial charge < -0.3 is 4.42 Å². The van der Waals surface area contributed by atoms with Gasteiger partial charge in [-0.05, 0) is 96.3 Å². The van der Waals surface area contributed by atoms with Crippen molar-refractivity contribution in [3.8, 4) is 22.3 Å². The standard InChI is InChI=1S/C43H28O/c1-2-12-28(13-3-1)29-16-10-17-32(24-29)42-36-21-8-6-19-34(36)38(35-20-7-9-22-37(35)42)26-33-18-11-23-40-43(33)39-25-30-14-4-5-15-31(30)27-41(39)44-40/h1-25,27H,26H2/i1D,2D,3D,4D,5D,12D,13D,14D,15D,25D,27D. The lowest BCUT2D eigenvalue weighted by Gasteiger charge is -2.18. The van der Waals surface area contributed by atoms with Crippen LogP contribution in [-0.4, -0.2) is 0 Å². The summed E-state index contributed by atoms with van der Waals surface area (Å²) in [6.45, 7) is 0. The van der Waals surface area contributed by atoms with Crippen molar-refractivity contribution in [2.75, 3.05) is 0 Å². The fourth-order valence-corrected chi connectivity index (χ4v) is 6.45. The molecule has 0 aliphatic heterocycles. The molecule has 0 unspecified atom stereocenters. The molecule has 9 aromatic rings. The minimum Gasteiger partial charge on any atom is -0.456 e. The molecule has 0 saturated carbocycles. The summed E-state index contributed by atoms with van der Waals surface area (Å²) in [5.74, 6) is 0. The number of hydrogen-bond acceptors (Lipinski definition) is 1. The van der Waals surface area contributed by atoms with E-state index in [1.165, 1.54) is 0 Å². The van der Waals surface area contributed by atoms with Crippen molar-refractivity contribution < 1.29 is 19.5 Å². The first-order valence-corrected chi connectivity index (χ1v) is 14.3. The van der Waals surface area contributed by atoms with E-state index in [1.54, 1.807) is 12.1 Å². The molecule has 0 bridgehead atoms. The highest BCUT2D eigenvalue weighted by molar-refractivity contribution is 6.16. The Morgan fingerprint density at radius 1 is 0.500 bits per heavy atom. The van der Waals surface area contributed by atoms with E-state index >= 15 is 0 Å². The highest BCUT2D eigenvalue weighted by atomic mass is 16.3. The zero-order valence-corrected chi connectivity index (χ0v) is 23.3. The van der Waals surface area contributed by atoms with Crippen LogP contribution in [0.25, 0.3) is 76.5 Å². The predicted molar refractivity (Wildman–Crippen MR) is 186 cm³/mol. The van der Waals surface area contributed by atoms with Crippen molar-refractivity contribution in [3.63, 3.8) is 0 Å². The summed E-state index contributed by atoms with van der Waals surface area (Å²) >= 11 is 0. The van der Waals surface area contributed by atoms with Gasteiger partial charge in [0, 0.05) is 10.8 Å². The first-order valence-electron chi connectivity index (χ1n) is 19.8. The molecule has 0 radical (unpaired) electrons. The number of benzene rings is 8. The number of hydrogen-bond donors (Lipinski definition) is 0. The second-order valence-corrected chi connectivity index (χ2v) is 10.8. The fraction of sp³-hybridized carbons (Fsp3) is 0.0233. The summed E-state index contributed by atoms with van der Waals surface area (Å²) in [5.41, 5.74) is 4.71. The van der Waals surface area contributed by atoms with Crippen molar-refractivity contribution in [2.45, 2.75) is 6.42 Å². The van der Waals surface area contributed by atoms with E-state index in [0.717, 1.165) is 43.8 Å². The van der Waals surface area contributed by atoms with Crippen LogP contribution in [0.1, 0.15) is 26.2 Å². The van der Waals surface area contributed by atoms with Crippen LogP contribution in [0.15, 0.2) is 162 Å². The van der Waals surface area contributed by atoms with Crippen LogP contribution >= 0.6 is 0 Å². The highest BCUT2D eigenvalue weighted by Gasteiger charge is 2.18. The Hall–Kier alpha value is -5.66. The van der Waals surface area contributed by atoms with Gasteiger partial charge in [0.2, 0.25) is 0 Å². The molecular formula is C43H28O. The molecule has 0 aliphatic rings. The second kappa shape index (κ2) is 9.97. The first kappa shape index (κ1) is 16.3. The molecule has 0 atom stereocenters. The third-order valence-electron chi connectivity index (χ3n) is 8.33. The van der Waals surface area contributed by atoms with Crippen molar-refractivity contribution in [1.29, 1.82) is 0 Å². The quantitative estimate of drug-likeness (QED) is 0.192. The summed E-state index contributed by atoms with van der Waals surface area (Å²) < 4.78 is 100.0. The van der Waals surface area contributed by atoms with E-state index in [1.807, 2.05) is 66.7 Å². The number of furan rings is 1. The molecule has 0 fully saturated rings. The van der Waals surface area contributed by atoms with Crippen LogP contribution in [0.5, 0.6) is 0 Å². The molecule has 206 valence electrons. The van der Waals surface area contributed by atoms with E-state index in [0.29, 0.717) is 28.3 Å². The van der Waals surface area contributed by atoms with E-state index in [4.69, 9.17) is 18.1 Å². The summed E-state index contributed by atoms with van der Waals surface area (Å²) in [7, 11) is 0. The Morgan fingerprint density at radius 2 is 1.14 bits per heavy atom. The molecule has 0 saturated heterocycles. The van der Waals surface area contributed by atoms with Crippen LogP contribution in [0.2, 0.25) is 0 Å². The van der Waals surface area contributed by atoms with Gasteiger partial charge in [-0.2, -0.15) is 0 Å². The Balaban J connectivity index is 1.30. The van der Waals surface area contributed by atoms with Crippen LogP contribution in [-0.2, 0) is 6.42 Å². The van der Waals surface area contributed by atoms with Gasteiger partial charge in [-0.25, -0.2) is 0 Å². The molecule has 1 aromatic heterocycles. The topological polar surface area (TPSA) is 13.1 Å². The summed E-state index contributed by atoms with van der Waals surface area (Å²) in [6.07, 6.45) is 0.396. The van der Waals surface area contributed by atoms with Crippen LogP contribution < -0.4 is 0 Å². The molecule has 0 aliphatic carbocycles. The van der Waals surface area contributed by atoms with Crippen molar-refractivity contribution in [3.05, 3.63) is 169 Å². The molecule has 0 spiro atoms. The van der Waals surface area contributed by atoms with Crippen molar-refractivity contribution in [2.24, 2.45) is 0 Å². The van der Waals surface area contributed by atoms with Gasteiger partial charge in [0.15, 0.2) is 0 Å². The lowest BCUT2D eigenvalue weighted by molar-refractivity contribution is 0.669. The zero-order valence-electron chi connectivity index (χ0n) is 34.3. The van der Waals surface area contributed by atoms with E-state index in [2.05, 4.69) is 12.1 Å². The van der Waals surface area contributed by atoms with Crippen molar-refractivity contribution >= 4 is 54.3 Å². The van der Waals surface area contributed by atoms with Gasteiger partial charge in [-0.3, -0.25) is 0 Å². The molecule has 9 rings (SSSR count). The van der Waals surface area contributed by atoms with Gasteiger partial charge in [-0.1, -0.05) is 133 Å². The zero-order chi connectivity index (χ0) is 38.6.